The molecule has 1 aliphatic carbocycles. The van der Waals surface area contributed by atoms with Crippen LogP contribution in [0, 0.1) is 0 Å². The van der Waals surface area contributed by atoms with Crippen LogP contribution in [0.15, 0.2) is 66.7 Å². The Bertz CT molecular complexity index is 1300. The molecule has 1 N–H and O–H groups in total. The van der Waals surface area contributed by atoms with E-state index in [9.17, 15) is 9.59 Å². The van der Waals surface area contributed by atoms with Gasteiger partial charge in [-0.05, 0) is 60.2 Å². The maximum absolute atomic E-state index is 14.0. The number of methoxy groups -OCH3 is 2. The van der Waals surface area contributed by atoms with Crippen molar-refractivity contribution in [2.45, 2.75) is 63.6 Å². The number of halogens is 2. The molecule has 0 saturated heterocycles. The summed E-state index contributed by atoms with van der Waals surface area (Å²) < 4.78 is 10.8. The number of aryl methyl sites for hydroxylation is 1. The van der Waals surface area contributed by atoms with Gasteiger partial charge in [-0.1, -0.05) is 78.5 Å². The number of nitrogens with zero attached hydrogens (tertiary/aromatic N) is 1. The number of amides is 2. The predicted octanol–water partition coefficient (Wildman–Crippen LogP) is 6.64. The highest BCUT2D eigenvalue weighted by atomic mass is 35.5. The minimum atomic E-state index is -0.701. The Morgan fingerprint density at radius 2 is 1.65 bits per heavy atom. The summed E-state index contributed by atoms with van der Waals surface area (Å²) in [6, 6.07) is 20.1. The van der Waals surface area contributed by atoms with Gasteiger partial charge in [-0.15, -0.1) is 0 Å². The van der Waals surface area contributed by atoms with Gasteiger partial charge in [0.2, 0.25) is 11.8 Å². The molecule has 1 atom stereocenters. The first-order valence-electron chi connectivity index (χ1n) is 13.7. The van der Waals surface area contributed by atoms with Crippen molar-refractivity contribution in [1.82, 2.24) is 10.2 Å². The fourth-order valence-corrected chi connectivity index (χ4v) is 5.65. The standard InChI is InChI=1S/C32H36Cl2N2O4/c1-39-29-16-12-23(19-30(29)40-2)13-17-31(37)36(21-24-14-15-25(33)20-27(24)34)28(18-22-8-4-3-5-9-22)32(38)35-26-10-6-7-11-26/h3-5,8-9,12,14-16,19-20,26,28H,6-7,10-11,13,17-18,21H2,1-2H3,(H,35,38)/t28-/m1/s1. The Hall–Kier alpha value is -3.22. The Labute approximate surface area is 246 Å². The number of ether oxygens (including phenoxy) is 2. The molecule has 1 saturated carbocycles. The van der Waals surface area contributed by atoms with Crippen molar-refractivity contribution >= 4 is 35.0 Å². The van der Waals surface area contributed by atoms with Crippen LogP contribution >= 0.6 is 23.2 Å². The van der Waals surface area contributed by atoms with E-state index < -0.39 is 6.04 Å². The molecule has 3 aromatic rings. The molecule has 8 heteroatoms. The number of hydrogen-bond donors (Lipinski definition) is 1. The zero-order valence-electron chi connectivity index (χ0n) is 23.0. The molecule has 212 valence electrons. The molecule has 0 radical (unpaired) electrons. The van der Waals surface area contributed by atoms with Crippen molar-refractivity contribution in [3.63, 3.8) is 0 Å². The molecular formula is C32H36Cl2N2O4. The van der Waals surface area contributed by atoms with Crippen LogP contribution in [0.1, 0.15) is 48.8 Å². The van der Waals surface area contributed by atoms with E-state index in [1.54, 1.807) is 31.3 Å². The van der Waals surface area contributed by atoms with E-state index >= 15 is 0 Å². The highest BCUT2D eigenvalue weighted by Crippen LogP contribution is 2.29. The number of hydrogen-bond acceptors (Lipinski definition) is 4. The minimum Gasteiger partial charge on any atom is -0.493 e. The number of nitrogens with one attached hydrogen (secondary N) is 1. The molecule has 2 amide bonds. The highest BCUT2D eigenvalue weighted by Gasteiger charge is 2.32. The lowest BCUT2D eigenvalue weighted by Gasteiger charge is -2.32. The van der Waals surface area contributed by atoms with Crippen LogP contribution in [0.3, 0.4) is 0 Å². The summed E-state index contributed by atoms with van der Waals surface area (Å²) in [7, 11) is 3.17. The van der Waals surface area contributed by atoms with E-state index in [0.29, 0.717) is 34.4 Å². The third kappa shape index (κ3) is 7.92. The molecule has 0 heterocycles. The second-order valence-electron chi connectivity index (χ2n) is 10.1. The molecule has 0 aromatic heterocycles. The van der Waals surface area contributed by atoms with Crippen LogP contribution in [0.25, 0.3) is 0 Å². The molecule has 6 nitrogen and oxygen atoms in total. The molecule has 0 spiro atoms. The Morgan fingerprint density at radius 3 is 2.33 bits per heavy atom. The number of carbonyl (C=O) groups is 2. The van der Waals surface area contributed by atoms with Crippen molar-refractivity contribution in [3.8, 4) is 11.5 Å². The summed E-state index contributed by atoms with van der Waals surface area (Å²) in [5.41, 5.74) is 2.65. The predicted molar refractivity (Wildman–Crippen MR) is 159 cm³/mol. The van der Waals surface area contributed by atoms with Crippen LogP contribution in [0.2, 0.25) is 10.0 Å². The first kappa shape index (κ1) is 29.8. The van der Waals surface area contributed by atoms with Gasteiger partial charge < -0.3 is 19.7 Å². The summed E-state index contributed by atoms with van der Waals surface area (Å²) in [4.78, 5) is 29.5. The van der Waals surface area contributed by atoms with Crippen molar-refractivity contribution in [2.75, 3.05) is 14.2 Å². The fraction of sp³-hybridized carbons (Fsp3) is 0.375. The molecular weight excluding hydrogens is 547 g/mol. The summed E-state index contributed by atoms with van der Waals surface area (Å²) in [5, 5.41) is 4.20. The van der Waals surface area contributed by atoms with Gasteiger partial charge in [-0.3, -0.25) is 9.59 Å². The molecule has 3 aromatic carbocycles. The van der Waals surface area contributed by atoms with Crippen molar-refractivity contribution in [3.05, 3.63) is 93.5 Å². The summed E-state index contributed by atoms with van der Waals surface area (Å²) >= 11 is 12.7. The van der Waals surface area contributed by atoms with Crippen LogP contribution in [-0.4, -0.2) is 43.0 Å². The number of rotatable bonds is 12. The third-order valence-electron chi connectivity index (χ3n) is 7.40. The topological polar surface area (TPSA) is 67.9 Å². The summed E-state index contributed by atoms with van der Waals surface area (Å²) in [5.74, 6) is 0.960. The molecule has 0 aliphatic heterocycles. The lowest BCUT2D eigenvalue weighted by Crippen LogP contribution is -2.52. The van der Waals surface area contributed by atoms with Gasteiger partial charge in [0.15, 0.2) is 11.5 Å². The van der Waals surface area contributed by atoms with Gasteiger partial charge in [-0.25, -0.2) is 0 Å². The Balaban J connectivity index is 1.63. The maximum atomic E-state index is 14.0. The lowest BCUT2D eigenvalue weighted by molar-refractivity contribution is -0.141. The average Bonchev–Trinajstić information content (AvgIpc) is 3.48. The second-order valence-corrected chi connectivity index (χ2v) is 11.0. The molecule has 1 aliphatic rings. The zero-order chi connectivity index (χ0) is 28.5. The molecule has 40 heavy (non-hydrogen) atoms. The van der Waals surface area contributed by atoms with Gasteiger partial charge in [-0.2, -0.15) is 0 Å². The normalized spacial score (nSPS) is 14.0. The summed E-state index contributed by atoms with van der Waals surface area (Å²) in [6.45, 7) is 0.191. The van der Waals surface area contributed by atoms with Gasteiger partial charge in [0.05, 0.1) is 14.2 Å². The Morgan fingerprint density at radius 1 is 0.925 bits per heavy atom. The Kier molecular flexibility index (Phi) is 10.7. The maximum Gasteiger partial charge on any atom is 0.243 e. The van der Waals surface area contributed by atoms with Crippen LogP contribution in [0.5, 0.6) is 11.5 Å². The average molecular weight is 584 g/mol. The van der Waals surface area contributed by atoms with E-state index in [-0.39, 0.29) is 30.8 Å². The van der Waals surface area contributed by atoms with E-state index in [1.165, 1.54) is 0 Å². The minimum absolute atomic E-state index is 0.133. The SMILES string of the molecule is COc1ccc(CCC(=O)N(Cc2ccc(Cl)cc2Cl)[C@H](Cc2ccccc2)C(=O)NC2CCCC2)cc1OC. The molecule has 0 bridgehead atoms. The van der Waals surface area contributed by atoms with Crippen molar-refractivity contribution in [1.29, 1.82) is 0 Å². The number of benzene rings is 3. The van der Waals surface area contributed by atoms with Crippen LogP contribution in [-0.2, 0) is 29.0 Å². The smallest absolute Gasteiger partial charge is 0.243 e. The first-order valence-corrected chi connectivity index (χ1v) is 14.4. The van der Waals surface area contributed by atoms with Crippen LogP contribution in [0.4, 0.5) is 0 Å². The van der Waals surface area contributed by atoms with E-state index in [4.69, 9.17) is 32.7 Å². The van der Waals surface area contributed by atoms with Crippen LogP contribution < -0.4 is 14.8 Å². The van der Waals surface area contributed by atoms with Gasteiger partial charge in [0.1, 0.15) is 6.04 Å². The fourth-order valence-electron chi connectivity index (χ4n) is 5.19. The highest BCUT2D eigenvalue weighted by molar-refractivity contribution is 6.35. The third-order valence-corrected chi connectivity index (χ3v) is 7.99. The first-order chi connectivity index (χ1) is 19.4. The zero-order valence-corrected chi connectivity index (χ0v) is 24.5. The molecule has 4 rings (SSSR count). The van der Waals surface area contributed by atoms with Gasteiger partial charge in [0.25, 0.3) is 0 Å². The van der Waals surface area contributed by atoms with Gasteiger partial charge >= 0.3 is 0 Å². The van der Waals surface area contributed by atoms with E-state index in [0.717, 1.165) is 42.4 Å². The van der Waals surface area contributed by atoms with Crippen molar-refractivity contribution < 1.29 is 19.1 Å². The summed E-state index contributed by atoms with van der Waals surface area (Å²) in [6.07, 6.45) is 5.20. The molecule has 1 fully saturated rings. The van der Waals surface area contributed by atoms with Crippen molar-refractivity contribution in [2.24, 2.45) is 0 Å². The van der Waals surface area contributed by atoms with E-state index in [2.05, 4.69) is 5.32 Å². The lowest BCUT2D eigenvalue weighted by atomic mass is 10.0. The number of carbonyl (C=O) groups excluding carboxylic acids is 2. The quantitative estimate of drug-likeness (QED) is 0.260. The van der Waals surface area contributed by atoms with Gasteiger partial charge in [0, 0.05) is 35.5 Å². The second kappa shape index (κ2) is 14.4. The van der Waals surface area contributed by atoms with E-state index in [1.807, 2.05) is 54.6 Å². The monoisotopic (exact) mass is 582 g/mol. The largest absolute Gasteiger partial charge is 0.493 e. The molecule has 0 unspecified atom stereocenters.